The molecule has 8 heteroatoms. The quantitative estimate of drug-likeness (QED) is 0.498. The Morgan fingerprint density at radius 2 is 1.66 bits per heavy atom. The lowest BCUT2D eigenvalue weighted by Crippen LogP contribution is -2.50. The number of ether oxygens (including phenoxy) is 1. The molecular weight excluding hydrogens is 477 g/mol. The van der Waals surface area contributed by atoms with Crippen molar-refractivity contribution in [3.05, 3.63) is 64.2 Å². The molecule has 1 saturated heterocycles. The summed E-state index contributed by atoms with van der Waals surface area (Å²) in [4.78, 5) is 4.75. The van der Waals surface area contributed by atoms with E-state index in [4.69, 9.17) is 16.3 Å². The van der Waals surface area contributed by atoms with E-state index in [1.54, 1.807) is 0 Å². The smallest absolute Gasteiger partial charge is 0.416 e. The van der Waals surface area contributed by atoms with Crippen LogP contribution in [0.1, 0.15) is 54.7 Å². The molecule has 1 unspecified atom stereocenters. The average molecular weight is 511 g/mol. The van der Waals surface area contributed by atoms with Gasteiger partial charge in [-0.2, -0.15) is 13.2 Å². The van der Waals surface area contributed by atoms with E-state index in [0.29, 0.717) is 16.3 Å². The summed E-state index contributed by atoms with van der Waals surface area (Å²) in [6, 6.07) is 10.6. The van der Waals surface area contributed by atoms with Crippen molar-refractivity contribution in [3.63, 3.8) is 0 Å². The Balaban J connectivity index is 1.48. The Kier molecular flexibility index (Phi) is 8.31. The van der Waals surface area contributed by atoms with Crippen molar-refractivity contribution in [2.24, 2.45) is 0 Å². The maximum absolute atomic E-state index is 12.8. The molecule has 4 nitrogen and oxygen atoms in total. The molecule has 0 radical (unpaired) electrons. The predicted molar refractivity (Wildman–Crippen MR) is 132 cm³/mol. The number of likely N-dealkylation sites (N-methyl/N-ethyl adjacent to an activating group) is 1. The van der Waals surface area contributed by atoms with Crippen LogP contribution in [0.4, 0.5) is 13.2 Å². The highest BCUT2D eigenvalue weighted by atomic mass is 35.5. The van der Waals surface area contributed by atoms with Gasteiger partial charge in [-0.05, 0) is 55.3 Å². The Labute approximate surface area is 210 Å². The number of halogens is 4. The first-order chi connectivity index (χ1) is 16.6. The maximum Gasteiger partial charge on any atom is 0.416 e. The molecular formula is C27H34ClF3N2O2. The van der Waals surface area contributed by atoms with Gasteiger partial charge in [0.05, 0.1) is 16.2 Å². The SMILES string of the molecule is CN1CCN(CC(c2ccc(OCc3ccc(C(F)(F)F)cc3)c(Cl)c2)C2(O)CCCCC2)CC1. The van der Waals surface area contributed by atoms with Crippen LogP contribution in [0.5, 0.6) is 5.75 Å². The predicted octanol–water partition coefficient (Wildman–Crippen LogP) is 5.96. The van der Waals surface area contributed by atoms with Crippen LogP contribution >= 0.6 is 11.6 Å². The minimum absolute atomic E-state index is 0.0485. The summed E-state index contributed by atoms with van der Waals surface area (Å²) in [6.45, 7) is 4.89. The summed E-state index contributed by atoms with van der Waals surface area (Å²) < 4.78 is 44.2. The second kappa shape index (κ2) is 11.1. The van der Waals surface area contributed by atoms with E-state index in [-0.39, 0.29) is 12.5 Å². The van der Waals surface area contributed by atoms with Crippen LogP contribution < -0.4 is 4.74 Å². The summed E-state index contributed by atoms with van der Waals surface area (Å²) in [6.07, 6.45) is 0.419. The molecule has 35 heavy (non-hydrogen) atoms. The van der Waals surface area contributed by atoms with Gasteiger partial charge in [0.2, 0.25) is 0 Å². The second-order valence-corrected chi connectivity index (χ2v) is 10.4. The zero-order valence-corrected chi connectivity index (χ0v) is 20.9. The van der Waals surface area contributed by atoms with Gasteiger partial charge in [0.15, 0.2) is 0 Å². The van der Waals surface area contributed by atoms with Crippen molar-refractivity contribution >= 4 is 11.6 Å². The monoisotopic (exact) mass is 510 g/mol. The van der Waals surface area contributed by atoms with E-state index in [1.807, 2.05) is 18.2 Å². The first-order valence-electron chi connectivity index (χ1n) is 12.4. The lowest BCUT2D eigenvalue weighted by molar-refractivity contribution is -0.137. The summed E-state index contributed by atoms with van der Waals surface area (Å²) in [7, 11) is 2.13. The Morgan fingerprint density at radius 3 is 2.26 bits per heavy atom. The Hall–Kier alpha value is -1.80. The minimum atomic E-state index is -4.36. The minimum Gasteiger partial charge on any atom is -0.487 e. The zero-order chi connectivity index (χ0) is 25.1. The number of benzene rings is 2. The van der Waals surface area contributed by atoms with Gasteiger partial charge in [0.1, 0.15) is 12.4 Å². The lowest BCUT2D eigenvalue weighted by atomic mass is 9.72. The van der Waals surface area contributed by atoms with Crippen molar-refractivity contribution < 1.29 is 23.0 Å². The molecule has 1 saturated carbocycles. The summed E-state index contributed by atoms with van der Waals surface area (Å²) >= 11 is 6.60. The fourth-order valence-corrected chi connectivity index (χ4v) is 5.43. The van der Waals surface area contributed by atoms with Gasteiger partial charge in [-0.3, -0.25) is 0 Å². The number of hydrogen-bond acceptors (Lipinski definition) is 4. The van der Waals surface area contributed by atoms with E-state index >= 15 is 0 Å². The van der Waals surface area contributed by atoms with Crippen molar-refractivity contribution in [2.75, 3.05) is 39.8 Å². The standard InChI is InChI=1S/C27H34ClF3N2O2/c1-32-13-15-33(16-14-32)18-23(26(34)11-3-2-4-12-26)21-7-10-25(24(28)17-21)35-19-20-5-8-22(9-6-20)27(29,30)31/h5-10,17,23,34H,2-4,11-16,18-19H2,1H3. The van der Waals surface area contributed by atoms with Gasteiger partial charge in [0, 0.05) is 38.6 Å². The number of piperazine rings is 1. The highest BCUT2D eigenvalue weighted by Crippen LogP contribution is 2.42. The normalized spacial score (nSPS) is 20.5. The third kappa shape index (κ3) is 6.70. The lowest BCUT2D eigenvalue weighted by Gasteiger charge is -2.43. The molecule has 1 heterocycles. The van der Waals surface area contributed by atoms with Gasteiger partial charge in [-0.15, -0.1) is 0 Å². The van der Waals surface area contributed by atoms with E-state index in [2.05, 4.69) is 16.8 Å². The first kappa shape index (κ1) is 26.3. The van der Waals surface area contributed by atoms with Crippen molar-refractivity contribution in [3.8, 4) is 5.75 Å². The molecule has 1 aliphatic heterocycles. The van der Waals surface area contributed by atoms with E-state index < -0.39 is 17.3 Å². The highest BCUT2D eigenvalue weighted by molar-refractivity contribution is 6.32. The summed E-state index contributed by atoms with van der Waals surface area (Å²) in [5.41, 5.74) is 0.187. The van der Waals surface area contributed by atoms with Gasteiger partial charge < -0.3 is 19.6 Å². The molecule has 1 aliphatic carbocycles. The van der Waals surface area contributed by atoms with E-state index in [0.717, 1.165) is 82.5 Å². The summed E-state index contributed by atoms with van der Waals surface area (Å²) in [5, 5.41) is 12.1. The largest absolute Gasteiger partial charge is 0.487 e. The number of alkyl halides is 3. The zero-order valence-electron chi connectivity index (χ0n) is 20.2. The van der Waals surface area contributed by atoms with Crippen molar-refractivity contribution in [1.29, 1.82) is 0 Å². The average Bonchev–Trinajstić information content (AvgIpc) is 2.83. The number of hydrogen-bond donors (Lipinski definition) is 1. The van der Waals surface area contributed by atoms with E-state index in [1.165, 1.54) is 12.1 Å². The van der Waals surface area contributed by atoms with Crippen LogP contribution in [0.15, 0.2) is 42.5 Å². The van der Waals surface area contributed by atoms with Gasteiger partial charge in [0.25, 0.3) is 0 Å². The van der Waals surface area contributed by atoms with E-state index in [9.17, 15) is 18.3 Å². The molecule has 0 aromatic heterocycles. The molecule has 0 spiro atoms. The second-order valence-electron chi connectivity index (χ2n) is 9.99. The van der Waals surface area contributed by atoms with Gasteiger partial charge >= 0.3 is 6.18 Å². The molecule has 1 N–H and O–H groups in total. The maximum atomic E-state index is 12.8. The Bertz CT molecular complexity index is 969. The first-order valence-corrected chi connectivity index (χ1v) is 12.7. The molecule has 2 fully saturated rings. The van der Waals surface area contributed by atoms with Crippen molar-refractivity contribution in [2.45, 2.75) is 56.4 Å². The Morgan fingerprint density at radius 1 is 1.00 bits per heavy atom. The van der Waals surface area contributed by atoms with Gasteiger partial charge in [-0.1, -0.05) is 49.1 Å². The molecule has 0 amide bonds. The number of aliphatic hydroxyl groups is 1. The molecule has 2 aromatic carbocycles. The molecule has 192 valence electrons. The summed E-state index contributed by atoms with van der Waals surface area (Å²) in [5.74, 6) is 0.428. The number of nitrogens with zero attached hydrogens (tertiary/aromatic N) is 2. The van der Waals surface area contributed by atoms with Crippen LogP contribution in [0.2, 0.25) is 5.02 Å². The number of rotatable bonds is 7. The van der Waals surface area contributed by atoms with Crippen LogP contribution in [-0.4, -0.2) is 60.3 Å². The van der Waals surface area contributed by atoms with Crippen LogP contribution in [0.25, 0.3) is 0 Å². The fraction of sp³-hybridized carbons (Fsp3) is 0.556. The molecule has 2 aliphatic rings. The molecule has 1 atom stereocenters. The van der Waals surface area contributed by atoms with Crippen LogP contribution in [0.3, 0.4) is 0 Å². The molecule has 4 rings (SSSR count). The van der Waals surface area contributed by atoms with Crippen LogP contribution in [0, 0.1) is 0 Å². The van der Waals surface area contributed by atoms with Crippen molar-refractivity contribution in [1.82, 2.24) is 9.80 Å². The third-order valence-electron chi connectivity index (χ3n) is 7.44. The molecule has 0 bridgehead atoms. The molecule has 2 aromatic rings. The van der Waals surface area contributed by atoms with Crippen LogP contribution in [-0.2, 0) is 12.8 Å². The third-order valence-corrected chi connectivity index (χ3v) is 7.73. The highest BCUT2D eigenvalue weighted by Gasteiger charge is 2.40. The topological polar surface area (TPSA) is 35.9 Å². The fourth-order valence-electron chi connectivity index (χ4n) is 5.19. The van der Waals surface area contributed by atoms with Gasteiger partial charge in [-0.25, -0.2) is 0 Å².